The van der Waals surface area contributed by atoms with E-state index in [1.807, 2.05) is 0 Å². The molecule has 124 valence electrons. The Hall–Kier alpha value is -3.36. The number of hydrogen-bond donors (Lipinski definition) is 3. The first-order valence-corrected chi connectivity index (χ1v) is 7.19. The monoisotopic (exact) mass is 330 g/mol. The van der Waals surface area contributed by atoms with Gasteiger partial charge in [-0.05, 0) is 19.1 Å². The van der Waals surface area contributed by atoms with E-state index in [1.165, 1.54) is 9.20 Å². The van der Waals surface area contributed by atoms with Gasteiger partial charge in [0, 0.05) is 6.54 Å². The molecule has 0 spiro atoms. The number of imidazole rings is 1. The van der Waals surface area contributed by atoms with Gasteiger partial charge >= 0.3 is 5.97 Å². The number of carboxylic acid groups (broad SMARTS) is 1. The maximum absolute atomic E-state index is 12.6. The highest BCUT2D eigenvalue weighted by Gasteiger charge is 2.24. The molecule has 0 atom stereocenters. The Morgan fingerprint density at radius 1 is 1.29 bits per heavy atom. The van der Waals surface area contributed by atoms with E-state index in [0.717, 1.165) is 0 Å². The molecule has 2 aromatic heterocycles. The highest BCUT2D eigenvalue weighted by molar-refractivity contribution is 6.00. The zero-order valence-electron chi connectivity index (χ0n) is 12.7. The predicted molar refractivity (Wildman–Crippen MR) is 84.3 cm³/mol. The van der Waals surface area contributed by atoms with E-state index in [9.17, 15) is 19.5 Å². The van der Waals surface area contributed by atoms with Gasteiger partial charge in [-0.25, -0.2) is 14.2 Å². The van der Waals surface area contributed by atoms with Gasteiger partial charge in [-0.2, -0.15) is 0 Å². The minimum atomic E-state index is -1.26. The Bertz CT molecular complexity index is 1030. The van der Waals surface area contributed by atoms with Crippen molar-refractivity contribution >= 4 is 28.6 Å². The first kappa shape index (κ1) is 15.5. The number of para-hydroxylation sites is 2. The fraction of sp³-hybridized carbons (Fsp3) is 0.200. The van der Waals surface area contributed by atoms with Crippen LogP contribution in [-0.2, 0) is 11.3 Å². The van der Waals surface area contributed by atoms with Gasteiger partial charge in [-0.3, -0.25) is 14.4 Å². The number of carboxylic acids is 1. The van der Waals surface area contributed by atoms with Gasteiger partial charge in [0.15, 0.2) is 17.0 Å². The minimum Gasteiger partial charge on any atom is -0.504 e. The topological polar surface area (TPSA) is 126 Å². The number of aromatic nitrogens is 3. The van der Waals surface area contributed by atoms with Gasteiger partial charge in [0.2, 0.25) is 0 Å². The summed E-state index contributed by atoms with van der Waals surface area (Å²) in [5.41, 5.74) is -0.0377. The van der Waals surface area contributed by atoms with Crippen molar-refractivity contribution in [2.75, 3.05) is 6.54 Å². The number of nitrogens with one attached hydrogen (secondary N) is 1. The number of aryl methyl sites for hydroxylation is 1. The Balaban J connectivity index is 2.32. The molecule has 3 aromatic rings. The van der Waals surface area contributed by atoms with E-state index in [2.05, 4.69) is 10.3 Å². The van der Waals surface area contributed by atoms with Crippen molar-refractivity contribution in [2.45, 2.75) is 13.5 Å². The second kappa shape index (κ2) is 5.69. The van der Waals surface area contributed by atoms with E-state index in [0.29, 0.717) is 11.0 Å². The van der Waals surface area contributed by atoms with Crippen molar-refractivity contribution < 1.29 is 19.8 Å². The first-order chi connectivity index (χ1) is 11.5. The van der Waals surface area contributed by atoms with Crippen LogP contribution < -0.4 is 10.9 Å². The van der Waals surface area contributed by atoms with Crippen LogP contribution in [0.15, 0.2) is 29.1 Å². The largest absolute Gasteiger partial charge is 0.504 e. The second-order valence-corrected chi connectivity index (χ2v) is 5.06. The van der Waals surface area contributed by atoms with E-state index < -0.39 is 35.3 Å². The zero-order chi connectivity index (χ0) is 17.4. The van der Waals surface area contributed by atoms with Crippen LogP contribution in [0.3, 0.4) is 0 Å². The number of amides is 1. The first-order valence-electron chi connectivity index (χ1n) is 7.19. The number of rotatable bonds is 4. The number of aromatic hydroxyl groups is 1. The van der Waals surface area contributed by atoms with Crippen molar-refractivity contribution in [3.8, 4) is 5.75 Å². The molecular weight excluding hydrogens is 316 g/mol. The number of aliphatic carboxylic acids is 1. The van der Waals surface area contributed by atoms with Crippen molar-refractivity contribution in [3.63, 3.8) is 0 Å². The quantitative estimate of drug-likeness (QED) is 0.627. The summed E-state index contributed by atoms with van der Waals surface area (Å²) in [6.45, 7) is 1.28. The molecular formula is C15H14N4O5. The third-order valence-electron chi connectivity index (χ3n) is 3.60. The van der Waals surface area contributed by atoms with Crippen molar-refractivity contribution in [2.24, 2.45) is 0 Å². The number of hydrogen-bond acceptors (Lipinski definition) is 5. The molecule has 24 heavy (non-hydrogen) atoms. The maximum Gasteiger partial charge on any atom is 0.322 e. The predicted octanol–water partition coefficient (Wildman–Crippen LogP) is 0.189. The second-order valence-electron chi connectivity index (χ2n) is 5.06. The standard InChI is InChI=1S/C15H14N4O5/c1-2-18-15(24)11(14(23)16-7-10(20)21)12(22)13-17-8-5-3-4-6-9(8)19(13)18/h3-6,22H,2,7H2,1H3,(H,16,23)(H,20,21). The summed E-state index contributed by atoms with van der Waals surface area (Å²) in [6, 6.07) is 6.99. The molecule has 0 aliphatic carbocycles. The molecule has 0 fully saturated rings. The zero-order valence-corrected chi connectivity index (χ0v) is 12.7. The van der Waals surface area contributed by atoms with Gasteiger partial charge in [-0.15, -0.1) is 0 Å². The van der Waals surface area contributed by atoms with E-state index in [1.54, 1.807) is 31.2 Å². The Kier molecular flexibility index (Phi) is 3.68. The Morgan fingerprint density at radius 3 is 2.67 bits per heavy atom. The van der Waals surface area contributed by atoms with Crippen LogP contribution in [0.1, 0.15) is 17.3 Å². The molecule has 0 aliphatic heterocycles. The minimum absolute atomic E-state index is 0.0538. The van der Waals surface area contributed by atoms with Crippen molar-refractivity contribution in [1.29, 1.82) is 0 Å². The SMILES string of the molecule is CCn1c(=O)c(C(=O)NCC(=O)O)c(O)c2nc3ccccc3n21. The molecule has 0 unspecified atom stereocenters. The van der Waals surface area contributed by atoms with E-state index >= 15 is 0 Å². The fourth-order valence-electron chi connectivity index (χ4n) is 2.58. The molecule has 0 saturated heterocycles. The molecule has 9 heteroatoms. The van der Waals surface area contributed by atoms with Crippen LogP contribution in [0.2, 0.25) is 0 Å². The Morgan fingerprint density at radius 2 is 2.00 bits per heavy atom. The molecule has 3 N–H and O–H groups in total. The van der Waals surface area contributed by atoms with Crippen LogP contribution in [0.4, 0.5) is 0 Å². The molecule has 0 aliphatic rings. The average Bonchev–Trinajstić information content (AvgIpc) is 2.93. The number of fused-ring (bicyclic) bond motifs is 3. The smallest absolute Gasteiger partial charge is 0.322 e. The summed E-state index contributed by atoms with van der Waals surface area (Å²) in [7, 11) is 0. The summed E-state index contributed by atoms with van der Waals surface area (Å²) in [5.74, 6) is -2.80. The van der Waals surface area contributed by atoms with Crippen LogP contribution in [0.5, 0.6) is 5.75 Å². The molecule has 3 rings (SSSR count). The Labute approximate surface area is 134 Å². The number of carbonyl (C=O) groups is 2. The van der Waals surface area contributed by atoms with Gasteiger partial charge in [0.25, 0.3) is 11.5 Å². The van der Waals surface area contributed by atoms with Crippen LogP contribution in [0, 0.1) is 0 Å². The molecule has 0 bridgehead atoms. The highest BCUT2D eigenvalue weighted by atomic mass is 16.4. The summed E-state index contributed by atoms with van der Waals surface area (Å²) < 4.78 is 2.71. The molecule has 2 heterocycles. The lowest BCUT2D eigenvalue weighted by Gasteiger charge is -2.12. The molecule has 0 radical (unpaired) electrons. The van der Waals surface area contributed by atoms with E-state index in [4.69, 9.17) is 5.11 Å². The maximum atomic E-state index is 12.6. The third-order valence-corrected chi connectivity index (χ3v) is 3.60. The number of benzene rings is 1. The normalized spacial score (nSPS) is 11.0. The fourth-order valence-corrected chi connectivity index (χ4v) is 2.58. The number of carbonyl (C=O) groups excluding carboxylic acids is 1. The van der Waals surface area contributed by atoms with Crippen molar-refractivity contribution in [3.05, 3.63) is 40.2 Å². The van der Waals surface area contributed by atoms with Gasteiger partial charge in [-0.1, -0.05) is 12.1 Å². The summed E-state index contributed by atoms with van der Waals surface area (Å²) in [6.07, 6.45) is 0. The van der Waals surface area contributed by atoms with Gasteiger partial charge < -0.3 is 15.5 Å². The van der Waals surface area contributed by atoms with Gasteiger partial charge in [0.1, 0.15) is 6.54 Å². The molecule has 1 aromatic carbocycles. The van der Waals surface area contributed by atoms with Crippen LogP contribution >= 0.6 is 0 Å². The average molecular weight is 330 g/mol. The molecule has 0 saturated carbocycles. The molecule has 9 nitrogen and oxygen atoms in total. The summed E-state index contributed by atoms with van der Waals surface area (Å²) >= 11 is 0. The van der Waals surface area contributed by atoms with Crippen LogP contribution in [-0.4, -0.2) is 42.8 Å². The van der Waals surface area contributed by atoms with Gasteiger partial charge in [0.05, 0.1) is 11.0 Å². The highest BCUT2D eigenvalue weighted by Crippen LogP contribution is 2.24. The van der Waals surface area contributed by atoms with Crippen molar-refractivity contribution in [1.82, 2.24) is 19.5 Å². The van der Waals surface area contributed by atoms with Crippen LogP contribution in [0.25, 0.3) is 16.7 Å². The summed E-state index contributed by atoms with van der Waals surface area (Å²) in [5, 5.41) is 21.1. The third kappa shape index (κ3) is 2.26. The number of nitrogens with zero attached hydrogens (tertiary/aromatic N) is 3. The lowest BCUT2D eigenvalue weighted by atomic mass is 10.2. The molecule has 1 amide bonds. The summed E-state index contributed by atoms with van der Waals surface area (Å²) in [4.78, 5) is 39.6. The van der Waals surface area contributed by atoms with E-state index in [-0.39, 0.29) is 12.2 Å². The lowest BCUT2D eigenvalue weighted by molar-refractivity contribution is -0.135. The lowest BCUT2D eigenvalue weighted by Crippen LogP contribution is -2.37.